The van der Waals surface area contributed by atoms with Crippen LogP contribution in [0.3, 0.4) is 0 Å². The van der Waals surface area contributed by atoms with Crippen molar-refractivity contribution in [1.82, 2.24) is 5.32 Å². The van der Waals surface area contributed by atoms with Crippen molar-refractivity contribution in [3.05, 3.63) is 23.8 Å². The lowest BCUT2D eigenvalue weighted by molar-refractivity contribution is -0.142. The first kappa shape index (κ1) is 16.1. The van der Waals surface area contributed by atoms with Crippen LogP contribution in [0.2, 0.25) is 0 Å². The van der Waals surface area contributed by atoms with Crippen LogP contribution in [-0.2, 0) is 9.53 Å². The zero-order chi connectivity index (χ0) is 16.1. The van der Waals surface area contributed by atoms with E-state index in [1.165, 1.54) is 25.3 Å². The molecule has 2 rings (SSSR count). The van der Waals surface area contributed by atoms with Crippen LogP contribution >= 0.6 is 0 Å². The molecule has 0 bridgehead atoms. The molecule has 0 aromatic heterocycles. The van der Waals surface area contributed by atoms with Gasteiger partial charge in [0.25, 0.3) is 5.91 Å². The van der Waals surface area contributed by atoms with E-state index in [-0.39, 0.29) is 17.2 Å². The van der Waals surface area contributed by atoms with Gasteiger partial charge in [-0.1, -0.05) is 0 Å². The van der Waals surface area contributed by atoms with Crippen LogP contribution in [0.5, 0.6) is 11.5 Å². The van der Waals surface area contributed by atoms with Crippen LogP contribution < -0.4 is 10.1 Å². The normalized spacial score (nSPS) is 19.2. The summed E-state index contributed by atoms with van der Waals surface area (Å²) in [4.78, 5) is 23.7. The first-order valence-corrected chi connectivity index (χ1v) is 7.01. The summed E-state index contributed by atoms with van der Waals surface area (Å²) in [7, 11) is 1.44. The van der Waals surface area contributed by atoms with Gasteiger partial charge in [0.1, 0.15) is 17.5 Å². The number of phenols is 1. The third-order valence-corrected chi connectivity index (χ3v) is 3.67. The number of carbonyl (C=O) groups excluding carboxylic acids is 1. The van der Waals surface area contributed by atoms with Gasteiger partial charge in [0.15, 0.2) is 0 Å². The summed E-state index contributed by atoms with van der Waals surface area (Å²) in [5.41, 5.74) is -0.0256. The van der Waals surface area contributed by atoms with E-state index in [2.05, 4.69) is 5.32 Å². The molecular formula is C15H19NO6. The van der Waals surface area contributed by atoms with Crippen LogP contribution in [0.15, 0.2) is 18.2 Å². The van der Waals surface area contributed by atoms with E-state index < -0.39 is 17.9 Å². The van der Waals surface area contributed by atoms with Gasteiger partial charge in [0.2, 0.25) is 0 Å². The van der Waals surface area contributed by atoms with Gasteiger partial charge in [0.05, 0.1) is 19.3 Å². The molecule has 2 atom stereocenters. The summed E-state index contributed by atoms with van der Waals surface area (Å²) in [5.74, 6) is -1.90. The average molecular weight is 309 g/mol. The Morgan fingerprint density at radius 3 is 2.82 bits per heavy atom. The minimum absolute atomic E-state index is 0.0256. The predicted molar refractivity (Wildman–Crippen MR) is 77.1 cm³/mol. The summed E-state index contributed by atoms with van der Waals surface area (Å²) in [5, 5.41) is 21.6. The number of carboxylic acid groups (broad SMARTS) is 1. The number of phenolic OH excluding ortho intramolecular Hbond substituents is 1. The number of ether oxygens (including phenoxy) is 2. The standard InChI is InChI=1S/C15H19NO6/c1-21-10-4-5-12(17)11(7-10)14(18)16-13(15(19)20)9-3-2-6-22-8-9/h4-5,7,9,13,17H,2-3,6,8H2,1H3,(H,16,18)(H,19,20). The molecule has 7 heteroatoms. The number of rotatable bonds is 5. The van der Waals surface area contributed by atoms with Crippen molar-refractivity contribution in [1.29, 1.82) is 0 Å². The number of amides is 1. The maximum Gasteiger partial charge on any atom is 0.326 e. The third-order valence-electron chi connectivity index (χ3n) is 3.67. The molecule has 1 amide bonds. The van der Waals surface area contributed by atoms with Crippen LogP contribution in [-0.4, -0.2) is 48.5 Å². The minimum Gasteiger partial charge on any atom is -0.507 e. The van der Waals surface area contributed by atoms with E-state index in [1.54, 1.807) is 0 Å². The Hall–Kier alpha value is -2.28. The van der Waals surface area contributed by atoms with Gasteiger partial charge in [-0.2, -0.15) is 0 Å². The van der Waals surface area contributed by atoms with Crippen LogP contribution in [0.25, 0.3) is 0 Å². The highest BCUT2D eigenvalue weighted by Gasteiger charge is 2.32. The largest absolute Gasteiger partial charge is 0.507 e. The summed E-state index contributed by atoms with van der Waals surface area (Å²) in [6, 6.07) is 3.14. The molecule has 1 fully saturated rings. The first-order valence-electron chi connectivity index (χ1n) is 7.01. The molecule has 1 heterocycles. The Morgan fingerprint density at radius 1 is 1.45 bits per heavy atom. The lowest BCUT2D eigenvalue weighted by atomic mass is 9.93. The van der Waals surface area contributed by atoms with Crippen molar-refractivity contribution in [2.24, 2.45) is 5.92 Å². The second-order valence-electron chi connectivity index (χ2n) is 5.15. The monoisotopic (exact) mass is 309 g/mol. The van der Waals surface area contributed by atoms with Crippen molar-refractivity contribution in [3.63, 3.8) is 0 Å². The Morgan fingerprint density at radius 2 is 2.23 bits per heavy atom. The number of benzene rings is 1. The number of methoxy groups -OCH3 is 1. The van der Waals surface area contributed by atoms with E-state index in [9.17, 15) is 19.8 Å². The number of hydrogen-bond donors (Lipinski definition) is 3. The Bertz CT molecular complexity index is 553. The highest BCUT2D eigenvalue weighted by molar-refractivity contribution is 5.99. The minimum atomic E-state index is -1.12. The van der Waals surface area contributed by atoms with E-state index in [0.29, 0.717) is 25.4 Å². The number of aliphatic carboxylic acids is 1. The fraction of sp³-hybridized carbons (Fsp3) is 0.467. The number of hydrogen-bond acceptors (Lipinski definition) is 5. The van der Waals surface area contributed by atoms with Gasteiger partial charge in [-0.05, 0) is 31.0 Å². The van der Waals surface area contributed by atoms with Crippen LogP contribution in [0.1, 0.15) is 23.2 Å². The smallest absolute Gasteiger partial charge is 0.326 e. The van der Waals surface area contributed by atoms with Crippen molar-refractivity contribution in [3.8, 4) is 11.5 Å². The highest BCUT2D eigenvalue weighted by atomic mass is 16.5. The molecular weight excluding hydrogens is 290 g/mol. The van der Waals surface area contributed by atoms with Gasteiger partial charge in [0, 0.05) is 12.5 Å². The summed E-state index contributed by atoms with van der Waals surface area (Å²) in [6.07, 6.45) is 1.43. The molecule has 0 saturated carbocycles. The summed E-state index contributed by atoms with van der Waals surface area (Å²) in [6.45, 7) is 0.898. The second-order valence-corrected chi connectivity index (χ2v) is 5.15. The van der Waals surface area contributed by atoms with Crippen molar-refractivity contribution >= 4 is 11.9 Å². The fourth-order valence-electron chi connectivity index (χ4n) is 2.45. The SMILES string of the molecule is COc1ccc(O)c(C(=O)NC(C(=O)O)C2CCCOC2)c1. The summed E-state index contributed by atoms with van der Waals surface area (Å²) >= 11 is 0. The lowest BCUT2D eigenvalue weighted by Crippen LogP contribution is -2.48. The van der Waals surface area contributed by atoms with Gasteiger partial charge in [-0.3, -0.25) is 4.79 Å². The molecule has 120 valence electrons. The Labute approximate surface area is 127 Å². The Balaban J connectivity index is 2.15. The topological polar surface area (TPSA) is 105 Å². The maximum atomic E-state index is 12.3. The van der Waals surface area contributed by atoms with Crippen LogP contribution in [0.4, 0.5) is 0 Å². The van der Waals surface area contributed by atoms with Gasteiger partial charge >= 0.3 is 5.97 Å². The molecule has 0 aliphatic carbocycles. The van der Waals surface area contributed by atoms with Gasteiger partial charge in [-0.25, -0.2) is 4.79 Å². The summed E-state index contributed by atoms with van der Waals surface area (Å²) < 4.78 is 10.3. The molecule has 2 unspecified atom stereocenters. The molecule has 22 heavy (non-hydrogen) atoms. The zero-order valence-electron chi connectivity index (χ0n) is 12.2. The van der Waals surface area contributed by atoms with E-state index in [4.69, 9.17) is 9.47 Å². The molecule has 1 saturated heterocycles. The predicted octanol–water partition coefficient (Wildman–Crippen LogP) is 1.01. The van der Waals surface area contributed by atoms with Crippen molar-refractivity contribution in [2.45, 2.75) is 18.9 Å². The van der Waals surface area contributed by atoms with E-state index in [0.717, 1.165) is 6.42 Å². The number of carbonyl (C=O) groups is 2. The molecule has 3 N–H and O–H groups in total. The number of nitrogens with one attached hydrogen (secondary N) is 1. The van der Waals surface area contributed by atoms with Crippen molar-refractivity contribution < 1.29 is 29.3 Å². The van der Waals surface area contributed by atoms with E-state index in [1.807, 2.05) is 0 Å². The van der Waals surface area contributed by atoms with Gasteiger partial charge < -0.3 is 25.0 Å². The van der Waals surface area contributed by atoms with E-state index >= 15 is 0 Å². The molecule has 1 aromatic rings. The van der Waals surface area contributed by atoms with Crippen LogP contribution in [0, 0.1) is 5.92 Å². The number of aromatic hydroxyl groups is 1. The molecule has 7 nitrogen and oxygen atoms in total. The molecule has 1 aliphatic rings. The highest BCUT2D eigenvalue weighted by Crippen LogP contribution is 2.24. The molecule has 1 aliphatic heterocycles. The quantitative estimate of drug-likeness (QED) is 0.750. The van der Waals surface area contributed by atoms with Crippen molar-refractivity contribution in [2.75, 3.05) is 20.3 Å². The molecule has 0 spiro atoms. The Kier molecular flexibility index (Phi) is 5.21. The maximum absolute atomic E-state index is 12.3. The average Bonchev–Trinajstić information content (AvgIpc) is 2.53. The fourth-order valence-corrected chi connectivity index (χ4v) is 2.45. The number of carboxylic acids is 1. The lowest BCUT2D eigenvalue weighted by Gasteiger charge is -2.28. The first-order chi connectivity index (χ1) is 10.5. The molecule has 1 aromatic carbocycles. The zero-order valence-corrected chi connectivity index (χ0v) is 12.2. The molecule has 0 radical (unpaired) electrons. The van der Waals surface area contributed by atoms with Gasteiger partial charge in [-0.15, -0.1) is 0 Å². The third kappa shape index (κ3) is 3.67. The second kappa shape index (κ2) is 7.13.